The molecule has 128 valence electrons. The Morgan fingerprint density at radius 1 is 0.957 bits per heavy atom. The minimum absolute atomic E-state index is 0.0299. The van der Waals surface area contributed by atoms with Crippen LogP contribution < -0.4 is 0 Å². The van der Waals surface area contributed by atoms with Crippen LogP contribution in [0.15, 0.2) is 24.3 Å². The maximum atomic E-state index is 13.3. The van der Waals surface area contributed by atoms with E-state index in [1.54, 1.807) is 12.2 Å². The Kier molecular flexibility index (Phi) is 5.76. The highest BCUT2D eigenvalue weighted by Crippen LogP contribution is 2.37. The zero-order valence-corrected chi connectivity index (χ0v) is 12.5. The molecule has 1 aliphatic carbocycles. The molecule has 0 aliphatic heterocycles. The zero-order chi connectivity index (χ0) is 17.0. The summed E-state index contributed by atoms with van der Waals surface area (Å²) in [5.74, 6) is -3.69. The van der Waals surface area contributed by atoms with Crippen LogP contribution in [0.2, 0.25) is 0 Å². The molecular weight excluding hydrogens is 318 g/mol. The van der Waals surface area contributed by atoms with E-state index in [1.165, 1.54) is 0 Å². The number of alkyl halides is 3. The third-order valence-electron chi connectivity index (χ3n) is 4.25. The summed E-state index contributed by atoms with van der Waals surface area (Å²) in [4.78, 5) is 0. The molecule has 1 saturated carbocycles. The van der Waals surface area contributed by atoms with E-state index in [2.05, 4.69) is 0 Å². The van der Waals surface area contributed by atoms with Crippen LogP contribution in [0.1, 0.15) is 50.0 Å². The third-order valence-corrected chi connectivity index (χ3v) is 4.25. The van der Waals surface area contributed by atoms with Crippen LogP contribution in [-0.4, -0.2) is 6.18 Å². The SMILES string of the molecule is Fc1cc(C2CCC(C=CCCC(F)(F)F)CC2)cc(F)c1F. The standard InChI is InChI=1S/C17H18F6/c18-14-9-13(10-15(19)16(14)20)12-6-4-11(5-7-12)3-1-2-8-17(21,22)23/h1,3,9-12H,2,4-8H2. The summed E-state index contributed by atoms with van der Waals surface area (Å²) in [6, 6.07) is 2.06. The van der Waals surface area contributed by atoms with E-state index in [1.807, 2.05) is 0 Å². The first-order chi connectivity index (χ1) is 10.8. The molecule has 0 heterocycles. The van der Waals surface area contributed by atoms with Gasteiger partial charge in [-0.25, -0.2) is 13.2 Å². The molecule has 0 nitrogen and oxygen atoms in total. The van der Waals surface area contributed by atoms with Gasteiger partial charge in [0.25, 0.3) is 0 Å². The molecule has 0 N–H and O–H groups in total. The lowest BCUT2D eigenvalue weighted by atomic mass is 9.78. The van der Waals surface area contributed by atoms with Gasteiger partial charge in [0.05, 0.1) is 0 Å². The molecule has 0 bridgehead atoms. The third kappa shape index (κ3) is 5.29. The summed E-state index contributed by atoms with van der Waals surface area (Å²) in [5.41, 5.74) is 0.445. The van der Waals surface area contributed by atoms with E-state index < -0.39 is 30.0 Å². The Morgan fingerprint density at radius 3 is 2.04 bits per heavy atom. The lowest BCUT2D eigenvalue weighted by molar-refractivity contribution is -0.133. The van der Waals surface area contributed by atoms with Gasteiger partial charge in [-0.2, -0.15) is 13.2 Å². The highest BCUT2D eigenvalue weighted by Gasteiger charge is 2.26. The summed E-state index contributed by atoms with van der Waals surface area (Å²) in [6.07, 6.45) is 1.20. The molecule has 1 fully saturated rings. The molecule has 1 aromatic carbocycles. The summed E-state index contributed by atoms with van der Waals surface area (Å²) in [7, 11) is 0. The normalized spacial score (nSPS) is 22.7. The van der Waals surface area contributed by atoms with Gasteiger partial charge in [-0.15, -0.1) is 0 Å². The fourth-order valence-corrected chi connectivity index (χ4v) is 2.99. The summed E-state index contributed by atoms with van der Waals surface area (Å²) >= 11 is 0. The average Bonchev–Trinajstić information content (AvgIpc) is 2.48. The number of hydrogen-bond acceptors (Lipinski definition) is 0. The van der Waals surface area contributed by atoms with Crippen LogP contribution in [-0.2, 0) is 0 Å². The smallest absolute Gasteiger partial charge is 0.204 e. The molecule has 0 amide bonds. The molecule has 0 atom stereocenters. The van der Waals surface area contributed by atoms with Crippen molar-refractivity contribution in [3.8, 4) is 0 Å². The zero-order valence-electron chi connectivity index (χ0n) is 12.5. The number of halogens is 6. The minimum Gasteiger partial charge on any atom is -0.204 e. The molecular formula is C17H18F6. The molecule has 0 saturated heterocycles. The maximum absolute atomic E-state index is 13.3. The number of rotatable bonds is 4. The van der Waals surface area contributed by atoms with Crippen molar-refractivity contribution < 1.29 is 26.3 Å². The molecule has 23 heavy (non-hydrogen) atoms. The molecule has 0 unspecified atom stereocenters. The van der Waals surface area contributed by atoms with Gasteiger partial charge in [-0.05, 0) is 61.6 Å². The van der Waals surface area contributed by atoms with E-state index in [4.69, 9.17) is 0 Å². The fraction of sp³-hybridized carbons (Fsp3) is 0.529. The number of hydrogen-bond donors (Lipinski definition) is 0. The van der Waals surface area contributed by atoms with E-state index in [0.29, 0.717) is 18.4 Å². The second-order valence-electron chi connectivity index (χ2n) is 5.99. The quantitative estimate of drug-likeness (QED) is 0.345. The molecule has 6 heteroatoms. The predicted octanol–water partition coefficient (Wildman–Crippen LogP) is 6.28. The fourth-order valence-electron chi connectivity index (χ4n) is 2.99. The van der Waals surface area contributed by atoms with Gasteiger partial charge in [0.15, 0.2) is 17.5 Å². The van der Waals surface area contributed by atoms with E-state index >= 15 is 0 Å². The van der Waals surface area contributed by atoms with Crippen molar-refractivity contribution in [3.63, 3.8) is 0 Å². The Labute approximate surface area is 131 Å². The van der Waals surface area contributed by atoms with E-state index in [0.717, 1.165) is 25.0 Å². The predicted molar refractivity (Wildman–Crippen MR) is 75.4 cm³/mol. The Hall–Kier alpha value is -1.46. The van der Waals surface area contributed by atoms with Crippen molar-refractivity contribution >= 4 is 0 Å². The van der Waals surface area contributed by atoms with E-state index in [-0.39, 0.29) is 18.3 Å². The van der Waals surface area contributed by atoms with Gasteiger partial charge in [0.1, 0.15) is 0 Å². The second kappa shape index (κ2) is 7.41. The van der Waals surface area contributed by atoms with Gasteiger partial charge in [-0.1, -0.05) is 12.2 Å². The van der Waals surface area contributed by atoms with Crippen molar-refractivity contribution in [2.45, 2.75) is 50.6 Å². The topological polar surface area (TPSA) is 0 Å². The molecule has 0 aromatic heterocycles. The summed E-state index contributed by atoms with van der Waals surface area (Å²) in [5, 5.41) is 0. The Bertz CT molecular complexity index is 530. The number of benzene rings is 1. The van der Waals surface area contributed by atoms with Gasteiger partial charge in [0, 0.05) is 6.42 Å². The molecule has 1 aromatic rings. The lowest BCUT2D eigenvalue weighted by Gasteiger charge is -2.27. The van der Waals surface area contributed by atoms with Crippen molar-refractivity contribution in [1.29, 1.82) is 0 Å². The summed E-state index contributed by atoms with van der Waals surface area (Å²) < 4.78 is 75.6. The van der Waals surface area contributed by atoms with Gasteiger partial charge in [-0.3, -0.25) is 0 Å². The Balaban J connectivity index is 1.85. The highest BCUT2D eigenvalue weighted by atomic mass is 19.4. The largest absolute Gasteiger partial charge is 0.389 e. The molecule has 0 radical (unpaired) electrons. The van der Waals surface area contributed by atoms with E-state index in [9.17, 15) is 26.3 Å². The molecule has 0 spiro atoms. The lowest BCUT2D eigenvalue weighted by Crippen LogP contribution is -2.12. The van der Waals surface area contributed by atoms with Gasteiger partial charge >= 0.3 is 6.18 Å². The molecule has 1 aliphatic rings. The Morgan fingerprint density at radius 2 is 1.52 bits per heavy atom. The molecule has 2 rings (SSSR count). The highest BCUT2D eigenvalue weighted by molar-refractivity contribution is 5.23. The van der Waals surface area contributed by atoms with Crippen LogP contribution in [0.5, 0.6) is 0 Å². The van der Waals surface area contributed by atoms with Crippen LogP contribution in [0.25, 0.3) is 0 Å². The number of allylic oxidation sites excluding steroid dienone is 2. The first kappa shape index (κ1) is 17.9. The van der Waals surface area contributed by atoms with Crippen molar-refractivity contribution in [1.82, 2.24) is 0 Å². The van der Waals surface area contributed by atoms with Crippen LogP contribution in [0, 0.1) is 23.4 Å². The first-order valence-corrected chi connectivity index (χ1v) is 7.64. The second-order valence-corrected chi connectivity index (χ2v) is 5.99. The van der Waals surface area contributed by atoms with Crippen molar-refractivity contribution in [2.24, 2.45) is 5.92 Å². The monoisotopic (exact) mass is 336 g/mol. The van der Waals surface area contributed by atoms with Gasteiger partial charge < -0.3 is 0 Å². The van der Waals surface area contributed by atoms with Crippen LogP contribution in [0.4, 0.5) is 26.3 Å². The average molecular weight is 336 g/mol. The first-order valence-electron chi connectivity index (χ1n) is 7.64. The van der Waals surface area contributed by atoms with Crippen molar-refractivity contribution in [3.05, 3.63) is 47.3 Å². The van der Waals surface area contributed by atoms with Gasteiger partial charge in [0.2, 0.25) is 0 Å². The minimum atomic E-state index is -4.14. The van der Waals surface area contributed by atoms with Crippen molar-refractivity contribution in [2.75, 3.05) is 0 Å². The maximum Gasteiger partial charge on any atom is 0.389 e. The van der Waals surface area contributed by atoms with Crippen LogP contribution in [0.3, 0.4) is 0 Å². The summed E-state index contributed by atoms with van der Waals surface area (Å²) in [6.45, 7) is 0. The van der Waals surface area contributed by atoms with Crippen LogP contribution >= 0.6 is 0 Å².